The Morgan fingerprint density at radius 3 is 2.27 bits per heavy atom. The number of hydrogen-bond acceptors (Lipinski definition) is 4. The fraction of sp³-hybridized carbons (Fsp3) is 0.135. The van der Waals surface area contributed by atoms with Crippen molar-refractivity contribution in [2.45, 2.75) is 18.9 Å². The van der Waals surface area contributed by atoms with Gasteiger partial charge < -0.3 is 9.47 Å². The first-order valence-corrected chi connectivity index (χ1v) is 13.7. The van der Waals surface area contributed by atoms with Crippen molar-refractivity contribution in [3.8, 4) is 16.9 Å². The van der Waals surface area contributed by atoms with Gasteiger partial charge in [0.25, 0.3) is 0 Å². The minimum Gasteiger partial charge on any atom is -0.489 e. The Hall–Kier alpha value is -4.96. The summed E-state index contributed by atoms with van der Waals surface area (Å²) >= 11 is 0. The minimum atomic E-state index is -0.454. The maximum Gasteiger partial charge on any atom is 0.317 e. The van der Waals surface area contributed by atoms with E-state index in [1.165, 1.54) is 7.11 Å². The molecule has 0 radical (unpaired) electrons. The van der Waals surface area contributed by atoms with E-state index in [2.05, 4.69) is 36.4 Å². The maximum atomic E-state index is 12.8. The molecule has 4 aromatic rings. The molecular weight excluding hydrogens is 508 g/mol. The van der Waals surface area contributed by atoms with Crippen LogP contribution in [0, 0.1) is 5.92 Å². The van der Waals surface area contributed by atoms with Gasteiger partial charge in [0.05, 0.1) is 7.11 Å². The number of allylic oxidation sites excluding steroid dienone is 4. The first-order valence-electron chi connectivity index (χ1n) is 13.7. The SMILES string of the molecule is COC(=O)C(/C=C/c1ccc(-c2ccc(COc3cccc(C(=O)C4C=CC=CC4)c3)cc2)cc1)c1ccccc1. The van der Waals surface area contributed by atoms with Crippen LogP contribution in [0.25, 0.3) is 17.2 Å². The first kappa shape index (κ1) is 27.6. The second-order valence-corrected chi connectivity index (χ2v) is 9.93. The number of ether oxygens (including phenoxy) is 2. The van der Waals surface area contributed by atoms with E-state index in [4.69, 9.17) is 9.47 Å². The van der Waals surface area contributed by atoms with E-state index >= 15 is 0 Å². The number of methoxy groups -OCH3 is 1. The standard InChI is InChI=1S/C37H32O4/c1-40-37(39)35(31-9-4-2-5-10-31)24-19-27-15-20-29(21-16-27)30-22-17-28(18-23-30)26-41-34-14-8-13-33(25-34)36(38)32-11-6-3-7-12-32/h2-11,13-25,32,35H,12,26H2,1H3/b24-19+. The van der Waals surface area contributed by atoms with Gasteiger partial charge in [-0.2, -0.15) is 0 Å². The lowest BCUT2D eigenvalue weighted by molar-refractivity contribution is -0.141. The molecule has 41 heavy (non-hydrogen) atoms. The Balaban J connectivity index is 1.19. The average Bonchev–Trinajstić information content (AvgIpc) is 3.05. The molecule has 0 heterocycles. The number of benzene rings is 4. The zero-order valence-corrected chi connectivity index (χ0v) is 23.0. The third-order valence-corrected chi connectivity index (χ3v) is 7.13. The van der Waals surface area contributed by atoms with Gasteiger partial charge in [-0.25, -0.2) is 0 Å². The summed E-state index contributed by atoms with van der Waals surface area (Å²) < 4.78 is 11.0. The van der Waals surface area contributed by atoms with Gasteiger partial charge in [0, 0.05) is 11.5 Å². The molecule has 4 heteroatoms. The predicted octanol–water partition coefficient (Wildman–Crippen LogP) is 8.22. The molecule has 5 rings (SSSR count). The molecule has 4 nitrogen and oxygen atoms in total. The summed E-state index contributed by atoms with van der Waals surface area (Å²) in [6.45, 7) is 0.413. The maximum absolute atomic E-state index is 12.8. The highest BCUT2D eigenvalue weighted by molar-refractivity contribution is 5.99. The molecule has 0 bridgehead atoms. The third kappa shape index (κ3) is 7.17. The molecule has 1 aliphatic carbocycles. The lowest BCUT2D eigenvalue weighted by Crippen LogP contribution is -2.13. The highest BCUT2D eigenvalue weighted by Gasteiger charge is 2.19. The topological polar surface area (TPSA) is 52.6 Å². The van der Waals surface area contributed by atoms with Gasteiger partial charge in [-0.15, -0.1) is 0 Å². The summed E-state index contributed by atoms with van der Waals surface area (Å²) in [6, 6.07) is 33.5. The highest BCUT2D eigenvalue weighted by atomic mass is 16.5. The van der Waals surface area contributed by atoms with Crippen LogP contribution in [-0.2, 0) is 16.1 Å². The van der Waals surface area contributed by atoms with Gasteiger partial charge in [-0.1, -0.05) is 127 Å². The van der Waals surface area contributed by atoms with Crippen molar-refractivity contribution in [2.75, 3.05) is 7.11 Å². The minimum absolute atomic E-state index is 0.112. The summed E-state index contributed by atoms with van der Waals surface area (Å²) in [4.78, 5) is 25.2. The Kier molecular flexibility index (Phi) is 9.02. The van der Waals surface area contributed by atoms with Crippen molar-refractivity contribution in [3.05, 3.63) is 156 Å². The Bertz CT molecular complexity index is 1560. The van der Waals surface area contributed by atoms with E-state index in [0.29, 0.717) is 17.9 Å². The quantitative estimate of drug-likeness (QED) is 0.150. The Morgan fingerprint density at radius 2 is 1.59 bits per heavy atom. The number of carbonyl (C=O) groups is 2. The molecule has 4 aromatic carbocycles. The molecule has 0 amide bonds. The van der Waals surface area contributed by atoms with Crippen LogP contribution in [0.4, 0.5) is 0 Å². The highest BCUT2D eigenvalue weighted by Crippen LogP contribution is 2.25. The molecular formula is C37H32O4. The number of ketones is 1. The molecule has 0 aromatic heterocycles. The van der Waals surface area contributed by atoms with Crippen LogP contribution < -0.4 is 4.74 Å². The molecule has 1 aliphatic rings. The molecule has 2 atom stereocenters. The van der Waals surface area contributed by atoms with Gasteiger partial charge in [0.1, 0.15) is 18.3 Å². The zero-order valence-electron chi connectivity index (χ0n) is 23.0. The van der Waals surface area contributed by atoms with Crippen molar-refractivity contribution in [2.24, 2.45) is 5.92 Å². The predicted molar refractivity (Wildman–Crippen MR) is 164 cm³/mol. The molecule has 0 N–H and O–H groups in total. The van der Waals surface area contributed by atoms with Crippen molar-refractivity contribution < 1.29 is 19.1 Å². The molecule has 204 valence electrons. The largest absolute Gasteiger partial charge is 0.489 e. The summed E-state index contributed by atoms with van der Waals surface area (Å²) in [5, 5.41) is 0. The smallest absolute Gasteiger partial charge is 0.317 e. The zero-order chi connectivity index (χ0) is 28.4. The lowest BCUT2D eigenvalue weighted by atomic mass is 9.92. The summed E-state index contributed by atoms with van der Waals surface area (Å²) in [7, 11) is 1.41. The summed E-state index contributed by atoms with van der Waals surface area (Å²) in [5.41, 5.74) is 5.80. The van der Waals surface area contributed by atoms with Crippen LogP contribution in [-0.4, -0.2) is 18.9 Å². The molecule has 0 fully saturated rings. The third-order valence-electron chi connectivity index (χ3n) is 7.13. The van der Waals surface area contributed by atoms with Gasteiger partial charge in [0.2, 0.25) is 0 Å². The molecule has 2 unspecified atom stereocenters. The lowest BCUT2D eigenvalue weighted by Gasteiger charge is -2.13. The van der Waals surface area contributed by atoms with Crippen LogP contribution in [0.2, 0.25) is 0 Å². The van der Waals surface area contributed by atoms with E-state index in [0.717, 1.165) is 34.2 Å². The van der Waals surface area contributed by atoms with E-state index in [1.54, 1.807) is 0 Å². The fourth-order valence-corrected chi connectivity index (χ4v) is 4.80. The monoisotopic (exact) mass is 540 g/mol. The Morgan fingerprint density at radius 1 is 0.854 bits per heavy atom. The molecule has 0 saturated heterocycles. The summed E-state index contributed by atoms with van der Waals surface area (Å²) in [6.07, 6.45) is 12.4. The van der Waals surface area contributed by atoms with Crippen LogP contribution in [0.5, 0.6) is 5.75 Å². The number of Topliss-reactive ketones (excluding diaryl/α,β-unsaturated/α-hetero) is 1. The van der Waals surface area contributed by atoms with Gasteiger partial charge >= 0.3 is 5.97 Å². The number of rotatable bonds is 10. The number of carbonyl (C=O) groups excluding carboxylic acids is 2. The van der Waals surface area contributed by atoms with Crippen LogP contribution in [0.1, 0.15) is 39.4 Å². The van der Waals surface area contributed by atoms with E-state index in [1.807, 2.05) is 103 Å². The Labute approximate surface area is 241 Å². The van der Waals surface area contributed by atoms with Crippen LogP contribution in [0.3, 0.4) is 0 Å². The van der Waals surface area contributed by atoms with Gasteiger partial charge in [-0.3, -0.25) is 9.59 Å². The number of hydrogen-bond donors (Lipinski definition) is 0. The fourth-order valence-electron chi connectivity index (χ4n) is 4.80. The second-order valence-electron chi connectivity index (χ2n) is 9.93. The van der Waals surface area contributed by atoms with Gasteiger partial charge in [-0.05, 0) is 46.4 Å². The normalized spacial score (nSPS) is 15.0. The molecule has 0 aliphatic heterocycles. The van der Waals surface area contributed by atoms with Crippen molar-refractivity contribution in [1.82, 2.24) is 0 Å². The van der Waals surface area contributed by atoms with E-state index in [9.17, 15) is 9.59 Å². The van der Waals surface area contributed by atoms with Crippen molar-refractivity contribution in [1.29, 1.82) is 0 Å². The first-order chi connectivity index (χ1) is 20.1. The summed E-state index contributed by atoms with van der Waals surface area (Å²) in [5.74, 6) is -0.0603. The van der Waals surface area contributed by atoms with Crippen molar-refractivity contribution >= 4 is 17.8 Å². The average molecular weight is 541 g/mol. The number of esters is 1. The van der Waals surface area contributed by atoms with Gasteiger partial charge in [0.15, 0.2) is 5.78 Å². The molecule has 0 spiro atoms. The van der Waals surface area contributed by atoms with Crippen LogP contribution in [0.15, 0.2) is 134 Å². The molecule has 0 saturated carbocycles. The second kappa shape index (κ2) is 13.4. The van der Waals surface area contributed by atoms with E-state index in [-0.39, 0.29) is 17.7 Å². The van der Waals surface area contributed by atoms with Crippen molar-refractivity contribution in [3.63, 3.8) is 0 Å². The van der Waals surface area contributed by atoms with E-state index < -0.39 is 5.92 Å². The van der Waals surface area contributed by atoms with Crippen LogP contribution >= 0.6 is 0 Å².